The van der Waals surface area contributed by atoms with Gasteiger partial charge in [-0.05, 0) is 30.5 Å². The maximum Gasteiger partial charge on any atom is 0.319 e. The van der Waals surface area contributed by atoms with Gasteiger partial charge in [0, 0.05) is 23.3 Å². The van der Waals surface area contributed by atoms with E-state index in [-0.39, 0.29) is 12.5 Å². The maximum absolute atomic E-state index is 13.1. The van der Waals surface area contributed by atoms with Crippen molar-refractivity contribution in [3.63, 3.8) is 0 Å². The zero-order valence-electron chi connectivity index (χ0n) is 10.0. The number of carbonyl (C=O) groups excluding carboxylic acids is 1. The van der Waals surface area contributed by atoms with Crippen LogP contribution in [-0.2, 0) is 0 Å². The topological polar surface area (TPSA) is 61.4 Å². The molecule has 0 radical (unpaired) electrons. The lowest BCUT2D eigenvalue weighted by Gasteiger charge is -2.12. The van der Waals surface area contributed by atoms with Gasteiger partial charge in [0.2, 0.25) is 0 Å². The van der Waals surface area contributed by atoms with E-state index in [1.165, 1.54) is 12.1 Å². The van der Waals surface area contributed by atoms with Crippen LogP contribution in [-0.4, -0.2) is 24.3 Å². The number of anilines is 1. The molecule has 1 aromatic rings. The number of halogens is 2. The number of carbonyl (C=O) groups is 1. The fourth-order valence-electron chi connectivity index (χ4n) is 1.39. The van der Waals surface area contributed by atoms with E-state index in [0.717, 1.165) is 0 Å². The van der Waals surface area contributed by atoms with Crippen LogP contribution in [0.3, 0.4) is 0 Å². The monoisotopic (exact) mass is 318 g/mol. The van der Waals surface area contributed by atoms with E-state index >= 15 is 0 Å². The Morgan fingerprint density at radius 2 is 2.22 bits per heavy atom. The van der Waals surface area contributed by atoms with Crippen molar-refractivity contribution < 1.29 is 14.3 Å². The predicted molar refractivity (Wildman–Crippen MR) is 72.0 cm³/mol. The number of hydrogen-bond donors (Lipinski definition) is 3. The van der Waals surface area contributed by atoms with Crippen LogP contribution < -0.4 is 10.6 Å². The quantitative estimate of drug-likeness (QED) is 0.781. The Bertz CT molecular complexity index is 395. The van der Waals surface area contributed by atoms with Gasteiger partial charge in [-0.1, -0.05) is 22.9 Å². The summed E-state index contributed by atoms with van der Waals surface area (Å²) >= 11 is 3.15. The lowest BCUT2D eigenvalue weighted by molar-refractivity contribution is 0.243. The molecule has 1 rings (SSSR count). The molecule has 100 valence electrons. The normalized spacial score (nSPS) is 12.0. The van der Waals surface area contributed by atoms with Crippen LogP contribution in [0.2, 0.25) is 0 Å². The molecule has 1 unspecified atom stereocenters. The summed E-state index contributed by atoms with van der Waals surface area (Å²) in [6.45, 7) is 2.49. The number of aliphatic hydroxyl groups excluding tert-OH is 1. The number of benzene rings is 1. The first-order chi connectivity index (χ1) is 8.51. The lowest BCUT2D eigenvalue weighted by Crippen LogP contribution is -2.32. The summed E-state index contributed by atoms with van der Waals surface area (Å²) in [7, 11) is 0. The van der Waals surface area contributed by atoms with Gasteiger partial charge in [0.1, 0.15) is 5.82 Å². The smallest absolute Gasteiger partial charge is 0.319 e. The van der Waals surface area contributed by atoms with E-state index in [0.29, 0.717) is 23.1 Å². The van der Waals surface area contributed by atoms with E-state index in [4.69, 9.17) is 5.11 Å². The van der Waals surface area contributed by atoms with Crippen LogP contribution in [0.4, 0.5) is 14.9 Å². The third kappa shape index (κ3) is 5.46. The summed E-state index contributed by atoms with van der Waals surface area (Å²) < 4.78 is 13.6. The van der Waals surface area contributed by atoms with Gasteiger partial charge in [0.15, 0.2) is 0 Å². The van der Waals surface area contributed by atoms with Gasteiger partial charge in [-0.3, -0.25) is 0 Å². The molecule has 0 aliphatic carbocycles. The van der Waals surface area contributed by atoms with E-state index in [1.807, 2.05) is 6.92 Å². The molecule has 4 nitrogen and oxygen atoms in total. The second kappa shape index (κ2) is 7.33. The summed E-state index contributed by atoms with van der Waals surface area (Å²) in [5.41, 5.74) is 0.384. The highest BCUT2D eigenvalue weighted by Crippen LogP contribution is 2.18. The number of aliphatic hydroxyl groups is 1. The highest BCUT2D eigenvalue weighted by molar-refractivity contribution is 9.10. The first kappa shape index (κ1) is 14.9. The Labute approximate surface area is 114 Å². The summed E-state index contributed by atoms with van der Waals surface area (Å²) in [5.74, 6) is -0.228. The molecular formula is C12H16BrFN2O2. The molecule has 3 N–H and O–H groups in total. The van der Waals surface area contributed by atoms with Crippen molar-refractivity contribution in [3.8, 4) is 0 Å². The average molecular weight is 319 g/mol. The van der Waals surface area contributed by atoms with Crippen molar-refractivity contribution in [2.24, 2.45) is 5.92 Å². The molecule has 1 atom stereocenters. The molecule has 0 aliphatic heterocycles. The fourth-order valence-corrected chi connectivity index (χ4v) is 1.86. The van der Waals surface area contributed by atoms with Gasteiger partial charge in [0.25, 0.3) is 0 Å². The molecule has 0 fully saturated rings. The van der Waals surface area contributed by atoms with Gasteiger partial charge < -0.3 is 15.7 Å². The second-order valence-corrected chi connectivity index (χ2v) is 5.03. The number of nitrogens with one attached hydrogen (secondary N) is 2. The van der Waals surface area contributed by atoms with Crippen molar-refractivity contribution in [1.82, 2.24) is 5.32 Å². The highest BCUT2D eigenvalue weighted by atomic mass is 79.9. The van der Waals surface area contributed by atoms with Crippen LogP contribution in [0.25, 0.3) is 0 Å². The molecule has 0 bridgehead atoms. The Hall–Kier alpha value is -1.14. The fraction of sp³-hybridized carbons (Fsp3) is 0.417. The molecule has 0 saturated heterocycles. The minimum Gasteiger partial charge on any atom is -0.396 e. The van der Waals surface area contributed by atoms with E-state index in [9.17, 15) is 9.18 Å². The van der Waals surface area contributed by atoms with Crippen LogP contribution in [0, 0.1) is 11.7 Å². The predicted octanol–water partition coefficient (Wildman–Crippen LogP) is 2.73. The molecule has 0 aromatic heterocycles. The molecule has 0 spiro atoms. The van der Waals surface area contributed by atoms with Gasteiger partial charge in [-0.25, -0.2) is 9.18 Å². The second-order valence-electron chi connectivity index (χ2n) is 4.11. The van der Waals surface area contributed by atoms with Crippen LogP contribution in [0.5, 0.6) is 0 Å². The standard InChI is InChI=1S/C12H16BrFN2O2/c1-8(2-3-17)7-15-12(18)16-11-5-9(13)4-10(14)6-11/h4-6,8,17H,2-3,7H2,1H3,(H2,15,16,18). The molecular weight excluding hydrogens is 303 g/mol. The lowest BCUT2D eigenvalue weighted by atomic mass is 10.1. The van der Waals surface area contributed by atoms with Gasteiger partial charge in [-0.2, -0.15) is 0 Å². The molecule has 0 heterocycles. The minimum atomic E-state index is -0.423. The van der Waals surface area contributed by atoms with Crippen molar-refractivity contribution in [2.75, 3.05) is 18.5 Å². The van der Waals surface area contributed by atoms with E-state index < -0.39 is 11.8 Å². The number of rotatable bonds is 5. The van der Waals surface area contributed by atoms with E-state index in [2.05, 4.69) is 26.6 Å². The minimum absolute atomic E-state index is 0.0985. The van der Waals surface area contributed by atoms with Gasteiger partial charge >= 0.3 is 6.03 Å². The summed E-state index contributed by atoms with van der Waals surface area (Å²) in [6.07, 6.45) is 0.631. The molecule has 0 aliphatic rings. The average Bonchev–Trinajstić information content (AvgIpc) is 2.25. The Morgan fingerprint density at radius 1 is 1.50 bits per heavy atom. The van der Waals surface area contributed by atoms with E-state index in [1.54, 1.807) is 6.07 Å². The largest absolute Gasteiger partial charge is 0.396 e. The van der Waals surface area contributed by atoms with Gasteiger partial charge in [0.05, 0.1) is 0 Å². The van der Waals surface area contributed by atoms with Crippen LogP contribution >= 0.6 is 15.9 Å². The number of hydrogen-bond acceptors (Lipinski definition) is 2. The van der Waals surface area contributed by atoms with Crippen molar-refractivity contribution in [1.29, 1.82) is 0 Å². The van der Waals surface area contributed by atoms with Crippen LogP contribution in [0.15, 0.2) is 22.7 Å². The Balaban J connectivity index is 2.44. The zero-order chi connectivity index (χ0) is 13.5. The first-order valence-electron chi connectivity index (χ1n) is 5.63. The summed E-state index contributed by atoms with van der Waals surface area (Å²) in [4.78, 5) is 11.5. The first-order valence-corrected chi connectivity index (χ1v) is 6.42. The Morgan fingerprint density at radius 3 is 2.83 bits per heavy atom. The zero-order valence-corrected chi connectivity index (χ0v) is 11.6. The number of amides is 2. The number of urea groups is 1. The van der Waals surface area contributed by atoms with Crippen molar-refractivity contribution in [2.45, 2.75) is 13.3 Å². The molecule has 0 saturated carbocycles. The maximum atomic E-state index is 13.1. The molecule has 1 aromatic carbocycles. The van der Waals surface area contributed by atoms with Crippen molar-refractivity contribution >= 4 is 27.6 Å². The molecule has 2 amide bonds. The van der Waals surface area contributed by atoms with Crippen molar-refractivity contribution in [3.05, 3.63) is 28.5 Å². The third-order valence-corrected chi connectivity index (χ3v) is 2.81. The SMILES string of the molecule is CC(CCO)CNC(=O)Nc1cc(F)cc(Br)c1. The van der Waals surface area contributed by atoms with Gasteiger partial charge in [-0.15, -0.1) is 0 Å². The molecule has 6 heteroatoms. The summed E-state index contributed by atoms with van der Waals surface area (Å²) in [5, 5.41) is 13.9. The molecule has 18 heavy (non-hydrogen) atoms. The Kier molecular flexibility index (Phi) is 6.07. The van der Waals surface area contributed by atoms with Crippen LogP contribution in [0.1, 0.15) is 13.3 Å². The summed E-state index contributed by atoms with van der Waals surface area (Å²) in [6, 6.07) is 3.77. The highest BCUT2D eigenvalue weighted by Gasteiger charge is 2.06. The third-order valence-electron chi connectivity index (χ3n) is 2.35.